The van der Waals surface area contributed by atoms with Gasteiger partial charge in [-0.3, -0.25) is 9.59 Å². The molecule has 2 fully saturated rings. The normalized spacial score (nSPS) is 19.4. The van der Waals surface area contributed by atoms with E-state index in [1.54, 1.807) is 12.1 Å². The summed E-state index contributed by atoms with van der Waals surface area (Å²) in [6, 6.07) is 7.17. The van der Waals surface area contributed by atoms with Gasteiger partial charge in [0.1, 0.15) is 0 Å². The van der Waals surface area contributed by atoms with Crippen molar-refractivity contribution in [3.05, 3.63) is 34.9 Å². The fourth-order valence-electron chi connectivity index (χ4n) is 3.68. The summed E-state index contributed by atoms with van der Waals surface area (Å²) in [5, 5.41) is 0.586. The molecule has 1 spiro atoms. The van der Waals surface area contributed by atoms with Gasteiger partial charge >= 0.3 is 0 Å². The second-order valence-electron chi connectivity index (χ2n) is 6.75. The highest BCUT2D eigenvalue weighted by molar-refractivity contribution is 8.00. The van der Waals surface area contributed by atoms with Gasteiger partial charge in [-0.25, -0.2) is 0 Å². The maximum atomic E-state index is 13.0. The number of likely N-dealkylation sites (tertiary alicyclic amines) is 1. The number of unbranched alkanes of at least 4 members (excludes halogenated alkanes) is 1. The molecule has 0 unspecified atom stereocenters. The number of amides is 2. The highest BCUT2D eigenvalue weighted by Crippen LogP contribution is 2.44. The van der Waals surface area contributed by atoms with Crippen molar-refractivity contribution in [2.75, 3.05) is 25.4 Å². The van der Waals surface area contributed by atoms with Gasteiger partial charge in [-0.1, -0.05) is 31.0 Å². The van der Waals surface area contributed by atoms with Gasteiger partial charge in [0.15, 0.2) is 0 Å². The van der Waals surface area contributed by atoms with Crippen molar-refractivity contribution in [1.29, 1.82) is 0 Å². The quantitative estimate of drug-likeness (QED) is 0.791. The van der Waals surface area contributed by atoms with Crippen LogP contribution in [0.25, 0.3) is 0 Å². The van der Waals surface area contributed by atoms with Crippen LogP contribution >= 0.6 is 23.4 Å². The zero-order valence-corrected chi connectivity index (χ0v) is 16.2. The summed E-state index contributed by atoms with van der Waals surface area (Å²) >= 11 is 7.92. The summed E-state index contributed by atoms with van der Waals surface area (Å²) in [7, 11) is 0. The molecule has 6 heteroatoms. The van der Waals surface area contributed by atoms with Crippen LogP contribution in [0.1, 0.15) is 49.4 Å². The number of benzene rings is 1. The largest absolute Gasteiger partial charge is 0.342 e. The van der Waals surface area contributed by atoms with Crippen LogP contribution in [0.4, 0.5) is 0 Å². The molecular formula is C19H25ClN2O2S. The van der Waals surface area contributed by atoms with Gasteiger partial charge in [0.2, 0.25) is 5.91 Å². The smallest absolute Gasteiger partial charge is 0.255 e. The van der Waals surface area contributed by atoms with Crippen LogP contribution in [0.3, 0.4) is 0 Å². The van der Waals surface area contributed by atoms with Crippen molar-refractivity contribution in [2.45, 2.75) is 43.9 Å². The average Bonchev–Trinajstić information content (AvgIpc) is 3.02. The summed E-state index contributed by atoms with van der Waals surface area (Å²) < 4.78 is 0. The zero-order chi connectivity index (χ0) is 17.9. The third kappa shape index (κ3) is 3.98. The summed E-state index contributed by atoms with van der Waals surface area (Å²) in [6.07, 6.45) is 4.33. The van der Waals surface area contributed by atoms with Crippen LogP contribution in [-0.4, -0.2) is 51.9 Å². The van der Waals surface area contributed by atoms with Gasteiger partial charge in [0, 0.05) is 42.4 Å². The minimum Gasteiger partial charge on any atom is -0.342 e. The Labute approximate surface area is 158 Å². The van der Waals surface area contributed by atoms with Crippen molar-refractivity contribution >= 4 is 35.2 Å². The summed E-state index contributed by atoms with van der Waals surface area (Å²) in [6.45, 7) is 4.36. The summed E-state index contributed by atoms with van der Waals surface area (Å²) in [5.74, 6) is 1.27. The SMILES string of the molecule is CCCCC(=O)N1CCC2(CC1)SCCN2C(=O)c1cccc(Cl)c1. The van der Waals surface area contributed by atoms with E-state index in [0.717, 1.165) is 51.1 Å². The lowest BCUT2D eigenvalue weighted by Crippen LogP contribution is -2.53. The van der Waals surface area contributed by atoms with Crippen LogP contribution in [0, 0.1) is 0 Å². The molecule has 1 aromatic rings. The predicted octanol–water partition coefficient (Wildman–Crippen LogP) is 4.04. The number of carbonyl (C=O) groups excluding carboxylic acids is 2. The van der Waals surface area contributed by atoms with Gasteiger partial charge in [-0.05, 0) is 37.5 Å². The van der Waals surface area contributed by atoms with E-state index in [-0.39, 0.29) is 16.7 Å². The molecule has 2 amide bonds. The molecule has 25 heavy (non-hydrogen) atoms. The van der Waals surface area contributed by atoms with E-state index in [1.807, 2.05) is 33.7 Å². The highest BCUT2D eigenvalue weighted by atomic mass is 35.5. The Morgan fingerprint density at radius 2 is 2.00 bits per heavy atom. The van der Waals surface area contributed by atoms with Crippen molar-refractivity contribution in [3.63, 3.8) is 0 Å². The number of nitrogens with zero attached hydrogens (tertiary/aromatic N) is 2. The lowest BCUT2D eigenvalue weighted by Gasteiger charge is -2.44. The van der Waals surface area contributed by atoms with Crippen LogP contribution in [0.5, 0.6) is 0 Å². The highest BCUT2D eigenvalue weighted by Gasteiger charge is 2.46. The fourth-order valence-corrected chi connectivity index (χ4v) is 5.32. The average molecular weight is 381 g/mol. The number of rotatable bonds is 4. The second-order valence-corrected chi connectivity index (χ2v) is 8.64. The maximum absolute atomic E-state index is 13.0. The Morgan fingerprint density at radius 1 is 1.24 bits per heavy atom. The van der Waals surface area contributed by atoms with E-state index in [4.69, 9.17) is 11.6 Å². The van der Waals surface area contributed by atoms with Crippen molar-refractivity contribution in [2.24, 2.45) is 0 Å². The minimum atomic E-state index is -0.166. The molecule has 0 saturated carbocycles. The van der Waals surface area contributed by atoms with E-state index < -0.39 is 0 Å². The molecule has 0 aliphatic carbocycles. The molecule has 2 saturated heterocycles. The number of hydrogen-bond donors (Lipinski definition) is 0. The van der Waals surface area contributed by atoms with Crippen LogP contribution in [0.15, 0.2) is 24.3 Å². The van der Waals surface area contributed by atoms with E-state index in [9.17, 15) is 9.59 Å². The van der Waals surface area contributed by atoms with E-state index >= 15 is 0 Å². The molecule has 0 aromatic heterocycles. The standard InChI is InChI=1S/C19H25ClN2O2S/c1-2-3-7-17(23)21-10-8-19(9-11-21)22(12-13-25-19)18(24)15-5-4-6-16(20)14-15/h4-6,14H,2-3,7-13H2,1H3. The third-order valence-electron chi connectivity index (χ3n) is 5.14. The van der Waals surface area contributed by atoms with Gasteiger partial charge in [-0.15, -0.1) is 11.8 Å². The van der Waals surface area contributed by atoms with E-state index in [0.29, 0.717) is 17.0 Å². The molecular weight excluding hydrogens is 356 g/mol. The molecule has 0 N–H and O–H groups in total. The van der Waals surface area contributed by atoms with E-state index in [1.165, 1.54) is 0 Å². The molecule has 0 radical (unpaired) electrons. The molecule has 4 nitrogen and oxygen atoms in total. The third-order valence-corrected chi connectivity index (χ3v) is 6.92. The van der Waals surface area contributed by atoms with Crippen LogP contribution < -0.4 is 0 Å². The monoisotopic (exact) mass is 380 g/mol. The first-order chi connectivity index (χ1) is 12.1. The lowest BCUT2D eigenvalue weighted by molar-refractivity contribution is -0.132. The summed E-state index contributed by atoms with van der Waals surface area (Å²) in [4.78, 5) is 29.1. The van der Waals surface area contributed by atoms with E-state index in [2.05, 4.69) is 6.92 Å². The Kier molecular flexibility index (Phi) is 5.95. The lowest BCUT2D eigenvalue weighted by atomic mass is 10.0. The van der Waals surface area contributed by atoms with Crippen LogP contribution in [0.2, 0.25) is 5.02 Å². The molecule has 2 aliphatic rings. The van der Waals surface area contributed by atoms with Gasteiger partial charge < -0.3 is 9.80 Å². The number of thioether (sulfide) groups is 1. The topological polar surface area (TPSA) is 40.6 Å². The molecule has 2 aliphatic heterocycles. The molecule has 136 valence electrons. The predicted molar refractivity (Wildman–Crippen MR) is 103 cm³/mol. The number of hydrogen-bond acceptors (Lipinski definition) is 3. The molecule has 3 rings (SSSR count). The van der Waals surface area contributed by atoms with Gasteiger partial charge in [0.05, 0.1) is 4.87 Å². The molecule has 0 atom stereocenters. The number of halogens is 1. The Hall–Kier alpha value is -1.20. The minimum absolute atomic E-state index is 0.0539. The van der Waals surface area contributed by atoms with Crippen LogP contribution in [-0.2, 0) is 4.79 Å². The Bertz CT molecular complexity index is 644. The van der Waals surface area contributed by atoms with Crippen molar-refractivity contribution < 1.29 is 9.59 Å². The maximum Gasteiger partial charge on any atom is 0.255 e. The van der Waals surface area contributed by atoms with Gasteiger partial charge in [-0.2, -0.15) is 0 Å². The summed E-state index contributed by atoms with van der Waals surface area (Å²) in [5.41, 5.74) is 0.649. The first-order valence-electron chi connectivity index (χ1n) is 9.05. The number of carbonyl (C=O) groups is 2. The first-order valence-corrected chi connectivity index (χ1v) is 10.4. The molecule has 1 aromatic carbocycles. The van der Waals surface area contributed by atoms with Gasteiger partial charge in [0.25, 0.3) is 5.91 Å². The van der Waals surface area contributed by atoms with Crippen molar-refractivity contribution in [1.82, 2.24) is 9.80 Å². The molecule has 0 bridgehead atoms. The zero-order valence-electron chi connectivity index (χ0n) is 14.7. The fraction of sp³-hybridized carbons (Fsp3) is 0.579. The Morgan fingerprint density at radius 3 is 2.68 bits per heavy atom. The first kappa shape index (κ1) is 18.6. The molecule has 2 heterocycles. The second kappa shape index (κ2) is 8.00. The van der Waals surface area contributed by atoms with Crippen molar-refractivity contribution in [3.8, 4) is 0 Å². The number of piperidine rings is 1. The Balaban J connectivity index is 1.68.